The number of ether oxygens (including phenoxy) is 1. The van der Waals surface area contributed by atoms with E-state index in [0.29, 0.717) is 12.2 Å². The van der Waals surface area contributed by atoms with Crippen LogP contribution in [0.3, 0.4) is 0 Å². The van der Waals surface area contributed by atoms with Crippen LogP contribution in [-0.2, 0) is 0 Å². The van der Waals surface area contributed by atoms with Crippen LogP contribution in [0.1, 0.15) is 40.9 Å². The van der Waals surface area contributed by atoms with Crippen molar-refractivity contribution in [2.45, 2.75) is 27.7 Å². The van der Waals surface area contributed by atoms with Gasteiger partial charge in [-0.2, -0.15) is 5.10 Å². The molecule has 120 valence electrons. The van der Waals surface area contributed by atoms with Gasteiger partial charge in [-0.15, -0.1) is 0 Å². The number of aryl methyl sites for hydroxylation is 2. The van der Waals surface area contributed by atoms with Gasteiger partial charge in [-0.05, 0) is 57.5 Å². The summed E-state index contributed by atoms with van der Waals surface area (Å²) in [4.78, 5) is 12.1. The molecular formula is C19H22N2O2. The zero-order chi connectivity index (χ0) is 16.8. The maximum absolute atomic E-state index is 12.1. The quantitative estimate of drug-likeness (QED) is 0.673. The number of nitrogens with zero attached hydrogens (tertiary/aromatic N) is 1. The Morgan fingerprint density at radius 2 is 1.83 bits per heavy atom. The van der Waals surface area contributed by atoms with E-state index >= 15 is 0 Å². The fourth-order valence-corrected chi connectivity index (χ4v) is 2.35. The summed E-state index contributed by atoms with van der Waals surface area (Å²) in [6.07, 6.45) is 0. The van der Waals surface area contributed by atoms with Gasteiger partial charge in [0.25, 0.3) is 5.91 Å². The summed E-state index contributed by atoms with van der Waals surface area (Å²) >= 11 is 0. The minimum absolute atomic E-state index is 0.239. The molecule has 0 spiro atoms. The van der Waals surface area contributed by atoms with E-state index in [1.807, 2.05) is 32.9 Å². The third-order valence-electron chi connectivity index (χ3n) is 3.52. The lowest BCUT2D eigenvalue weighted by atomic mass is 10.0. The molecule has 0 radical (unpaired) electrons. The second-order valence-electron chi connectivity index (χ2n) is 5.41. The molecule has 0 fully saturated rings. The van der Waals surface area contributed by atoms with Gasteiger partial charge in [0.05, 0.1) is 12.3 Å². The maximum atomic E-state index is 12.1. The number of nitrogens with one attached hydrogen (secondary N) is 1. The second-order valence-corrected chi connectivity index (χ2v) is 5.41. The SMILES string of the molecule is CCOc1ccc(C(=O)N/N=C(\C)c2ccc(C)cc2C)cc1. The van der Waals surface area contributed by atoms with Gasteiger partial charge in [-0.1, -0.05) is 23.8 Å². The molecule has 2 aromatic rings. The highest BCUT2D eigenvalue weighted by Gasteiger charge is 2.06. The molecule has 0 heterocycles. The molecule has 1 N–H and O–H groups in total. The van der Waals surface area contributed by atoms with Crippen LogP contribution in [0, 0.1) is 13.8 Å². The van der Waals surface area contributed by atoms with Crippen molar-refractivity contribution in [3.8, 4) is 5.75 Å². The molecule has 0 aliphatic carbocycles. The van der Waals surface area contributed by atoms with Crippen LogP contribution in [0.25, 0.3) is 0 Å². The van der Waals surface area contributed by atoms with Crippen LogP contribution in [0.4, 0.5) is 0 Å². The fourth-order valence-electron chi connectivity index (χ4n) is 2.35. The van der Waals surface area contributed by atoms with Crippen molar-refractivity contribution in [1.82, 2.24) is 5.43 Å². The molecule has 4 nitrogen and oxygen atoms in total. The standard InChI is InChI=1S/C19H22N2O2/c1-5-23-17-9-7-16(8-10-17)19(22)21-20-15(4)18-11-6-13(2)12-14(18)3/h6-12H,5H2,1-4H3,(H,21,22)/b20-15+. The van der Waals surface area contributed by atoms with Crippen LogP contribution >= 0.6 is 0 Å². The van der Waals surface area contributed by atoms with E-state index in [4.69, 9.17) is 4.74 Å². The Balaban J connectivity index is 2.07. The van der Waals surface area contributed by atoms with Gasteiger partial charge in [0.15, 0.2) is 0 Å². The Morgan fingerprint density at radius 3 is 2.43 bits per heavy atom. The van der Waals surface area contributed by atoms with E-state index in [2.05, 4.69) is 23.5 Å². The minimum Gasteiger partial charge on any atom is -0.494 e. The molecule has 0 atom stereocenters. The molecule has 0 aromatic heterocycles. The van der Waals surface area contributed by atoms with E-state index in [0.717, 1.165) is 22.6 Å². The van der Waals surface area contributed by atoms with E-state index in [1.54, 1.807) is 24.3 Å². The molecule has 0 unspecified atom stereocenters. The van der Waals surface area contributed by atoms with Gasteiger partial charge < -0.3 is 4.74 Å². The number of amides is 1. The average Bonchev–Trinajstić information content (AvgIpc) is 2.53. The van der Waals surface area contributed by atoms with Crippen molar-refractivity contribution in [2.24, 2.45) is 5.10 Å². The molecule has 0 saturated carbocycles. The van der Waals surface area contributed by atoms with Gasteiger partial charge in [-0.25, -0.2) is 5.43 Å². The lowest BCUT2D eigenvalue weighted by molar-refractivity contribution is 0.0955. The zero-order valence-electron chi connectivity index (χ0n) is 14.0. The Labute approximate surface area is 137 Å². The van der Waals surface area contributed by atoms with Crippen LogP contribution in [0.5, 0.6) is 5.75 Å². The molecular weight excluding hydrogens is 288 g/mol. The second kappa shape index (κ2) is 7.58. The van der Waals surface area contributed by atoms with Crippen molar-refractivity contribution < 1.29 is 9.53 Å². The van der Waals surface area contributed by atoms with Crippen LogP contribution < -0.4 is 10.2 Å². The van der Waals surface area contributed by atoms with Crippen molar-refractivity contribution in [3.63, 3.8) is 0 Å². The van der Waals surface area contributed by atoms with Crippen molar-refractivity contribution in [1.29, 1.82) is 0 Å². The Bertz CT molecular complexity index is 719. The van der Waals surface area contributed by atoms with Gasteiger partial charge in [0.2, 0.25) is 0 Å². The Kier molecular flexibility index (Phi) is 5.52. The topological polar surface area (TPSA) is 50.7 Å². The number of carbonyl (C=O) groups excluding carboxylic acids is 1. The minimum atomic E-state index is -0.239. The first-order chi connectivity index (χ1) is 11.0. The summed E-state index contributed by atoms with van der Waals surface area (Å²) in [5.74, 6) is 0.510. The number of carbonyl (C=O) groups is 1. The van der Waals surface area contributed by atoms with E-state index < -0.39 is 0 Å². The zero-order valence-corrected chi connectivity index (χ0v) is 14.0. The molecule has 0 bridgehead atoms. The first kappa shape index (κ1) is 16.7. The first-order valence-corrected chi connectivity index (χ1v) is 7.66. The summed E-state index contributed by atoms with van der Waals surface area (Å²) in [6.45, 7) is 8.50. The number of hydrogen-bond acceptors (Lipinski definition) is 3. The lowest BCUT2D eigenvalue weighted by Gasteiger charge is -2.07. The molecule has 2 aromatic carbocycles. The largest absolute Gasteiger partial charge is 0.494 e. The van der Waals surface area contributed by atoms with Crippen molar-refractivity contribution in [3.05, 3.63) is 64.7 Å². The van der Waals surface area contributed by atoms with Crippen molar-refractivity contribution >= 4 is 11.6 Å². The Morgan fingerprint density at radius 1 is 1.13 bits per heavy atom. The molecule has 0 saturated heterocycles. The molecule has 0 aliphatic rings. The fraction of sp³-hybridized carbons (Fsp3) is 0.263. The lowest BCUT2D eigenvalue weighted by Crippen LogP contribution is -2.19. The first-order valence-electron chi connectivity index (χ1n) is 7.66. The molecule has 4 heteroatoms. The van der Waals surface area contributed by atoms with Crippen LogP contribution in [0.15, 0.2) is 47.6 Å². The van der Waals surface area contributed by atoms with Gasteiger partial charge >= 0.3 is 0 Å². The maximum Gasteiger partial charge on any atom is 0.271 e. The third kappa shape index (κ3) is 4.42. The Hall–Kier alpha value is -2.62. The highest BCUT2D eigenvalue weighted by molar-refractivity contribution is 6.01. The third-order valence-corrected chi connectivity index (χ3v) is 3.52. The number of benzene rings is 2. The van der Waals surface area contributed by atoms with Crippen LogP contribution in [0.2, 0.25) is 0 Å². The summed E-state index contributed by atoms with van der Waals surface area (Å²) in [5.41, 5.74) is 7.30. The summed E-state index contributed by atoms with van der Waals surface area (Å²) in [5, 5.41) is 4.21. The average molecular weight is 310 g/mol. The smallest absolute Gasteiger partial charge is 0.271 e. The number of hydrazone groups is 1. The van der Waals surface area contributed by atoms with Gasteiger partial charge in [0.1, 0.15) is 5.75 Å². The van der Waals surface area contributed by atoms with Gasteiger partial charge in [-0.3, -0.25) is 4.79 Å². The summed E-state index contributed by atoms with van der Waals surface area (Å²) in [7, 11) is 0. The summed E-state index contributed by atoms with van der Waals surface area (Å²) < 4.78 is 5.36. The predicted molar refractivity (Wildman–Crippen MR) is 93.2 cm³/mol. The van der Waals surface area contributed by atoms with Gasteiger partial charge in [0, 0.05) is 11.1 Å². The van der Waals surface area contributed by atoms with E-state index in [1.165, 1.54) is 5.56 Å². The molecule has 2 rings (SSSR count). The number of rotatable bonds is 5. The van der Waals surface area contributed by atoms with Crippen LogP contribution in [-0.4, -0.2) is 18.2 Å². The van der Waals surface area contributed by atoms with E-state index in [-0.39, 0.29) is 5.91 Å². The molecule has 1 amide bonds. The van der Waals surface area contributed by atoms with Crippen molar-refractivity contribution in [2.75, 3.05) is 6.61 Å². The normalized spacial score (nSPS) is 11.2. The molecule has 0 aliphatic heterocycles. The summed E-state index contributed by atoms with van der Waals surface area (Å²) in [6, 6.07) is 13.2. The number of hydrogen-bond donors (Lipinski definition) is 1. The van der Waals surface area contributed by atoms with E-state index in [9.17, 15) is 4.79 Å². The highest BCUT2D eigenvalue weighted by atomic mass is 16.5. The predicted octanol–water partition coefficient (Wildman–Crippen LogP) is 3.86. The molecule has 23 heavy (non-hydrogen) atoms. The monoisotopic (exact) mass is 310 g/mol. The highest BCUT2D eigenvalue weighted by Crippen LogP contribution is 2.13.